The summed E-state index contributed by atoms with van der Waals surface area (Å²) in [6.07, 6.45) is -1.72. The number of para-hydroxylation sites is 1. The molecule has 0 aliphatic heterocycles. The third-order valence-electron chi connectivity index (χ3n) is 6.78. The number of esters is 1. The van der Waals surface area contributed by atoms with E-state index in [-0.39, 0.29) is 24.5 Å². The van der Waals surface area contributed by atoms with Crippen molar-refractivity contribution in [1.29, 1.82) is 0 Å². The van der Waals surface area contributed by atoms with Crippen LogP contribution in [0.4, 0.5) is 10.5 Å². The highest BCUT2D eigenvalue weighted by atomic mass is 16.6. The molecular formula is C29H27N3O9. The van der Waals surface area contributed by atoms with E-state index in [0.717, 1.165) is 29.4 Å². The fourth-order valence-corrected chi connectivity index (χ4v) is 4.83. The van der Waals surface area contributed by atoms with E-state index in [0.29, 0.717) is 0 Å². The average Bonchev–Trinajstić information content (AvgIpc) is 3.30. The SMILES string of the molecule is COC(=O)C(NC(=O)CC[C@H](NC(=O)OCC1c2ccccc2-c2ccccc21)C(=O)O)c1ccccc1[N+](=O)[O-]. The monoisotopic (exact) mass is 561 g/mol. The Morgan fingerprint density at radius 3 is 2.10 bits per heavy atom. The first-order valence-corrected chi connectivity index (χ1v) is 12.7. The molecule has 3 aromatic rings. The number of carboxylic acids is 1. The van der Waals surface area contributed by atoms with Crippen LogP contribution in [0.25, 0.3) is 11.1 Å². The largest absolute Gasteiger partial charge is 0.480 e. The summed E-state index contributed by atoms with van der Waals surface area (Å²) in [6.45, 7) is -0.0245. The highest BCUT2D eigenvalue weighted by molar-refractivity contribution is 5.87. The van der Waals surface area contributed by atoms with Crippen molar-refractivity contribution in [2.75, 3.05) is 13.7 Å². The van der Waals surface area contributed by atoms with Gasteiger partial charge in [-0.3, -0.25) is 14.9 Å². The van der Waals surface area contributed by atoms with Gasteiger partial charge in [0.15, 0.2) is 6.04 Å². The van der Waals surface area contributed by atoms with E-state index < -0.39 is 53.1 Å². The zero-order chi connectivity index (χ0) is 29.5. The number of hydrogen-bond donors (Lipinski definition) is 3. The summed E-state index contributed by atoms with van der Waals surface area (Å²) in [4.78, 5) is 60.0. The van der Waals surface area contributed by atoms with Gasteiger partial charge in [0.1, 0.15) is 12.6 Å². The Kier molecular flexibility index (Phi) is 8.92. The minimum absolute atomic E-state index is 0.0245. The zero-order valence-electron chi connectivity index (χ0n) is 21.9. The molecule has 12 heteroatoms. The van der Waals surface area contributed by atoms with Crippen molar-refractivity contribution in [2.45, 2.75) is 30.8 Å². The summed E-state index contributed by atoms with van der Waals surface area (Å²) < 4.78 is 10.1. The molecule has 2 amide bonds. The Labute approximate surface area is 234 Å². The molecule has 2 atom stereocenters. The summed E-state index contributed by atoms with van der Waals surface area (Å²) >= 11 is 0. The molecule has 12 nitrogen and oxygen atoms in total. The van der Waals surface area contributed by atoms with Crippen molar-refractivity contribution < 1.29 is 38.7 Å². The van der Waals surface area contributed by atoms with E-state index in [1.54, 1.807) is 0 Å². The number of methoxy groups -OCH3 is 1. The summed E-state index contributed by atoms with van der Waals surface area (Å²) in [5, 5.41) is 25.6. The van der Waals surface area contributed by atoms with Crippen LogP contribution in [0, 0.1) is 10.1 Å². The number of benzene rings is 3. The van der Waals surface area contributed by atoms with Gasteiger partial charge in [-0.15, -0.1) is 0 Å². The summed E-state index contributed by atoms with van der Waals surface area (Å²) in [5.74, 6) is -3.34. The third kappa shape index (κ3) is 6.49. The topological polar surface area (TPSA) is 174 Å². The van der Waals surface area contributed by atoms with Crippen molar-refractivity contribution >= 4 is 29.6 Å². The number of fused-ring (bicyclic) bond motifs is 3. The zero-order valence-corrected chi connectivity index (χ0v) is 21.9. The number of carbonyl (C=O) groups is 4. The van der Waals surface area contributed by atoms with Crippen LogP contribution in [0.1, 0.15) is 41.5 Å². The molecule has 1 aliphatic rings. The van der Waals surface area contributed by atoms with Gasteiger partial charge in [0.05, 0.1) is 17.6 Å². The van der Waals surface area contributed by atoms with Gasteiger partial charge in [-0.2, -0.15) is 0 Å². The molecule has 0 heterocycles. The number of carboxylic acid groups (broad SMARTS) is 1. The highest BCUT2D eigenvalue weighted by Gasteiger charge is 2.32. The maximum atomic E-state index is 12.6. The summed E-state index contributed by atoms with van der Waals surface area (Å²) in [5.41, 5.74) is 3.57. The number of rotatable bonds is 11. The summed E-state index contributed by atoms with van der Waals surface area (Å²) in [7, 11) is 1.06. The van der Waals surface area contributed by atoms with Crippen LogP contribution in [-0.4, -0.2) is 53.7 Å². The van der Waals surface area contributed by atoms with Gasteiger partial charge in [-0.25, -0.2) is 14.4 Å². The molecule has 41 heavy (non-hydrogen) atoms. The van der Waals surface area contributed by atoms with Gasteiger partial charge in [0.25, 0.3) is 5.69 Å². The maximum absolute atomic E-state index is 12.6. The van der Waals surface area contributed by atoms with Crippen molar-refractivity contribution in [3.8, 4) is 11.1 Å². The van der Waals surface area contributed by atoms with Crippen LogP contribution >= 0.6 is 0 Å². The van der Waals surface area contributed by atoms with E-state index in [1.807, 2.05) is 48.5 Å². The van der Waals surface area contributed by atoms with Gasteiger partial charge >= 0.3 is 18.0 Å². The predicted octanol–water partition coefficient (Wildman–Crippen LogP) is 3.70. The lowest BCUT2D eigenvalue weighted by Gasteiger charge is -2.19. The molecule has 0 radical (unpaired) electrons. The molecule has 212 valence electrons. The molecule has 3 N–H and O–H groups in total. The minimum atomic E-state index is -1.49. The lowest BCUT2D eigenvalue weighted by Crippen LogP contribution is -2.42. The number of nitrogens with zero attached hydrogens (tertiary/aromatic N) is 1. The van der Waals surface area contributed by atoms with Crippen molar-refractivity contribution in [3.63, 3.8) is 0 Å². The van der Waals surface area contributed by atoms with Crippen LogP contribution in [0.3, 0.4) is 0 Å². The number of amides is 2. The molecule has 4 rings (SSSR count). The molecule has 0 bridgehead atoms. The Bertz CT molecular complexity index is 1440. The van der Waals surface area contributed by atoms with Crippen LogP contribution in [0.5, 0.6) is 0 Å². The van der Waals surface area contributed by atoms with E-state index >= 15 is 0 Å². The van der Waals surface area contributed by atoms with Crippen molar-refractivity contribution in [3.05, 3.63) is 99.6 Å². The maximum Gasteiger partial charge on any atom is 0.407 e. The smallest absolute Gasteiger partial charge is 0.407 e. The number of nitrogens with one attached hydrogen (secondary N) is 2. The molecule has 0 fully saturated rings. The second-order valence-corrected chi connectivity index (χ2v) is 9.24. The third-order valence-corrected chi connectivity index (χ3v) is 6.78. The molecule has 3 aromatic carbocycles. The van der Waals surface area contributed by atoms with E-state index in [1.165, 1.54) is 24.3 Å². The number of nitro benzene ring substituents is 1. The lowest BCUT2D eigenvalue weighted by molar-refractivity contribution is -0.385. The van der Waals surface area contributed by atoms with Crippen LogP contribution < -0.4 is 10.6 Å². The fourth-order valence-electron chi connectivity index (χ4n) is 4.83. The molecule has 0 spiro atoms. The first-order valence-electron chi connectivity index (χ1n) is 12.7. The van der Waals surface area contributed by atoms with Gasteiger partial charge in [-0.05, 0) is 34.7 Å². The molecule has 0 saturated heterocycles. The van der Waals surface area contributed by atoms with E-state index in [4.69, 9.17) is 4.74 Å². The quantitative estimate of drug-likeness (QED) is 0.179. The Balaban J connectivity index is 1.36. The molecular weight excluding hydrogens is 534 g/mol. The lowest BCUT2D eigenvalue weighted by atomic mass is 9.98. The number of hydrogen-bond acceptors (Lipinski definition) is 8. The predicted molar refractivity (Wildman–Crippen MR) is 145 cm³/mol. The van der Waals surface area contributed by atoms with Gasteiger partial charge in [0, 0.05) is 18.4 Å². The van der Waals surface area contributed by atoms with Crippen molar-refractivity contribution in [1.82, 2.24) is 10.6 Å². The first kappa shape index (κ1) is 28.7. The number of carbonyl (C=O) groups excluding carboxylic acids is 3. The van der Waals surface area contributed by atoms with Crippen LogP contribution in [0.15, 0.2) is 72.8 Å². The van der Waals surface area contributed by atoms with Crippen molar-refractivity contribution in [2.24, 2.45) is 0 Å². The second-order valence-electron chi connectivity index (χ2n) is 9.24. The number of aliphatic carboxylic acids is 1. The van der Waals surface area contributed by atoms with Gasteiger partial charge in [-0.1, -0.05) is 60.7 Å². The molecule has 1 unspecified atom stereocenters. The first-order chi connectivity index (χ1) is 19.7. The number of alkyl carbamates (subject to hydrolysis) is 1. The highest BCUT2D eigenvalue weighted by Crippen LogP contribution is 2.44. The van der Waals surface area contributed by atoms with Gasteiger partial charge in [0.2, 0.25) is 5.91 Å². The fraction of sp³-hybridized carbons (Fsp3) is 0.241. The molecule has 0 saturated carbocycles. The Morgan fingerprint density at radius 2 is 1.51 bits per heavy atom. The van der Waals surface area contributed by atoms with E-state index in [2.05, 4.69) is 15.4 Å². The Morgan fingerprint density at radius 1 is 0.927 bits per heavy atom. The molecule has 0 aromatic heterocycles. The second kappa shape index (κ2) is 12.7. The Hall–Kier alpha value is -5.26. The van der Waals surface area contributed by atoms with E-state index in [9.17, 15) is 34.4 Å². The standard InChI is InChI=1S/C29H27N3O9/c1-40-28(36)26(21-12-6-7-13-24(21)32(38)39)31-25(33)15-14-23(27(34)35)30-29(37)41-16-22-19-10-4-2-8-17(19)18-9-3-5-11-20(18)22/h2-13,22-23,26H,14-16H2,1H3,(H,30,37)(H,31,33)(H,34,35)/t23-,26?/m0/s1. The van der Waals surface area contributed by atoms with Crippen LogP contribution in [-0.2, 0) is 23.9 Å². The molecule has 1 aliphatic carbocycles. The number of nitro groups is 1. The van der Waals surface area contributed by atoms with Gasteiger partial charge < -0.3 is 25.2 Å². The summed E-state index contributed by atoms with van der Waals surface area (Å²) in [6, 6.07) is 17.9. The number of ether oxygens (including phenoxy) is 2. The normalized spacial score (nSPS) is 13.2. The van der Waals surface area contributed by atoms with Crippen LogP contribution in [0.2, 0.25) is 0 Å². The minimum Gasteiger partial charge on any atom is -0.480 e. The average molecular weight is 562 g/mol.